The fraction of sp³-hybridized carbons (Fsp3) is 0.368. The molecule has 27 heavy (non-hydrogen) atoms. The molecule has 0 fully saturated rings. The predicted molar refractivity (Wildman–Crippen MR) is 98.9 cm³/mol. The minimum absolute atomic E-state index is 0.163. The quantitative estimate of drug-likeness (QED) is 0.473. The Morgan fingerprint density at radius 2 is 1.85 bits per heavy atom. The largest absolute Gasteiger partial charge is 0.466 e. The highest BCUT2D eigenvalue weighted by Crippen LogP contribution is 2.33. The lowest BCUT2D eigenvalue weighted by molar-refractivity contribution is -0.145. The number of rotatable bonds is 6. The predicted octanol–water partition coefficient (Wildman–Crippen LogP) is 2.37. The molecular formula is C19H22N2O6. The van der Waals surface area contributed by atoms with Crippen molar-refractivity contribution in [1.82, 2.24) is 4.57 Å². The Morgan fingerprint density at radius 3 is 2.41 bits per heavy atom. The van der Waals surface area contributed by atoms with Crippen LogP contribution in [-0.4, -0.2) is 41.9 Å². The molecule has 0 spiro atoms. The van der Waals surface area contributed by atoms with Gasteiger partial charge < -0.3 is 19.4 Å². The topological polar surface area (TPSA) is 104 Å². The van der Waals surface area contributed by atoms with Gasteiger partial charge in [0.1, 0.15) is 6.42 Å². The normalized spacial score (nSPS) is 10.6. The van der Waals surface area contributed by atoms with Crippen LogP contribution >= 0.6 is 0 Å². The van der Waals surface area contributed by atoms with Crippen molar-refractivity contribution < 1.29 is 28.7 Å². The molecular weight excluding hydrogens is 352 g/mol. The Kier molecular flexibility index (Phi) is 5.99. The SMILES string of the molecule is CCOC(=O)CC(=O)Nc1cc(C(=O)OC)cc2c(C(C)=O)c(C)n(C)c12. The van der Waals surface area contributed by atoms with Gasteiger partial charge in [-0.1, -0.05) is 0 Å². The number of carbonyl (C=O) groups excluding carboxylic acids is 4. The van der Waals surface area contributed by atoms with Gasteiger partial charge >= 0.3 is 11.9 Å². The molecule has 2 aromatic rings. The number of nitrogens with zero attached hydrogens (tertiary/aromatic N) is 1. The number of Topliss-reactive ketones (excluding diaryl/α,β-unsaturated/α-hetero) is 1. The zero-order chi connectivity index (χ0) is 20.3. The van der Waals surface area contributed by atoms with E-state index in [0.29, 0.717) is 27.8 Å². The number of carbonyl (C=O) groups is 4. The molecule has 8 nitrogen and oxygen atoms in total. The fourth-order valence-corrected chi connectivity index (χ4v) is 3.03. The molecule has 1 aromatic heterocycles. The monoisotopic (exact) mass is 374 g/mol. The van der Waals surface area contributed by atoms with Gasteiger partial charge in [0.2, 0.25) is 5.91 Å². The number of fused-ring (bicyclic) bond motifs is 1. The molecule has 0 saturated carbocycles. The van der Waals surface area contributed by atoms with E-state index in [1.807, 2.05) is 0 Å². The molecule has 1 amide bonds. The first-order chi connectivity index (χ1) is 12.7. The second-order valence-corrected chi connectivity index (χ2v) is 6.02. The number of hydrogen-bond donors (Lipinski definition) is 1. The molecule has 0 bridgehead atoms. The highest BCUT2D eigenvalue weighted by atomic mass is 16.5. The molecule has 0 radical (unpaired) electrons. The Morgan fingerprint density at radius 1 is 1.19 bits per heavy atom. The van der Waals surface area contributed by atoms with Crippen molar-refractivity contribution in [1.29, 1.82) is 0 Å². The Hall–Kier alpha value is -3.16. The van der Waals surface area contributed by atoms with E-state index < -0.39 is 24.3 Å². The van der Waals surface area contributed by atoms with Crippen molar-refractivity contribution in [2.75, 3.05) is 19.0 Å². The zero-order valence-corrected chi connectivity index (χ0v) is 16.0. The standard InChI is InChI=1S/C19H22N2O6/c1-6-27-16(24)9-15(23)20-14-8-12(19(25)26-5)7-13-17(11(3)22)10(2)21(4)18(13)14/h7-8H,6,9H2,1-5H3,(H,20,23). The highest BCUT2D eigenvalue weighted by molar-refractivity contribution is 6.15. The molecule has 144 valence electrons. The first-order valence-electron chi connectivity index (χ1n) is 8.39. The Balaban J connectivity index is 2.61. The maximum Gasteiger partial charge on any atom is 0.337 e. The van der Waals surface area contributed by atoms with Crippen LogP contribution in [0.1, 0.15) is 46.7 Å². The summed E-state index contributed by atoms with van der Waals surface area (Å²) in [6.45, 7) is 5.03. The maximum atomic E-state index is 12.2. The lowest BCUT2D eigenvalue weighted by Crippen LogP contribution is -2.19. The van der Waals surface area contributed by atoms with Crippen LogP contribution < -0.4 is 5.32 Å². The molecule has 2 rings (SSSR count). The van der Waals surface area contributed by atoms with Gasteiger partial charge in [-0.05, 0) is 32.9 Å². The highest BCUT2D eigenvalue weighted by Gasteiger charge is 2.22. The molecule has 1 N–H and O–H groups in total. The molecule has 0 unspecified atom stereocenters. The van der Waals surface area contributed by atoms with Crippen molar-refractivity contribution in [2.45, 2.75) is 27.2 Å². The first-order valence-corrected chi connectivity index (χ1v) is 8.39. The molecule has 0 saturated heterocycles. The van der Waals surface area contributed by atoms with Crippen LogP contribution in [0.3, 0.4) is 0 Å². The molecule has 0 aliphatic heterocycles. The third kappa shape index (κ3) is 3.99. The number of nitrogens with one attached hydrogen (secondary N) is 1. The average Bonchev–Trinajstić information content (AvgIpc) is 2.85. The number of esters is 2. The summed E-state index contributed by atoms with van der Waals surface area (Å²) in [7, 11) is 3.00. The smallest absolute Gasteiger partial charge is 0.337 e. The molecule has 8 heteroatoms. The lowest BCUT2D eigenvalue weighted by Gasteiger charge is -2.11. The van der Waals surface area contributed by atoms with Gasteiger partial charge in [-0.15, -0.1) is 0 Å². The number of ketones is 1. The molecule has 1 heterocycles. The van der Waals surface area contributed by atoms with Crippen LogP contribution in [0.15, 0.2) is 12.1 Å². The summed E-state index contributed by atoms with van der Waals surface area (Å²) < 4.78 is 11.3. The number of benzene rings is 1. The van der Waals surface area contributed by atoms with E-state index in [1.54, 1.807) is 31.5 Å². The number of ether oxygens (including phenoxy) is 2. The van der Waals surface area contributed by atoms with E-state index in [2.05, 4.69) is 5.32 Å². The van der Waals surface area contributed by atoms with Gasteiger partial charge in [-0.2, -0.15) is 0 Å². The van der Waals surface area contributed by atoms with E-state index in [9.17, 15) is 19.2 Å². The molecule has 0 atom stereocenters. The van der Waals surface area contributed by atoms with Crippen LogP contribution in [0.25, 0.3) is 10.9 Å². The number of aromatic nitrogens is 1. The van der Waals surface area contributed by atoms with Crippen LogP contribution in [0, 0.1) is 6.92 Å². The lowest BCUT2D eigenvalue weighted by atomic mass is 10.0. The third-order valence-corrected chi connectivity index (χ3v) is 4.24. The summed E-state index contributed by atoms with van der Waals surface area (Å²) in [4.78, 5) is 47.9. The second kappa shape index (κ2) is 8.03. The zero-order valence-electron chi connectivity index (χ0n) is 16.0. The summed E-state index contributed by atoms with van der Waals surface area (Å²) in [5.41, 5.74) is 2.21. The minimum atomic E-state index is -0.650. The van der Waals surface area contributed by atoms with Gasteiger partial charge in [-0.3, -0.25) is 14.4 Å². The Labute approximate surface area is 156 Å². The number of hydrogen-bond acceptors (Lipinski definition) is 6. The summed E-state index contributed by atoms with van der Waals surface area (Å²) in [5, 5.41) is 3.16. The van der Waals surface area contributed by atoms with Gasteiger partial charge in [0.15, 0.2) is 5.78 Å². The van der Waals surface area contributed by atoms with Gasteiger partial charge in [-0.25, -0.2) is 4.79 Å². The van der Waals surface area contributed by atoms with E-state index in [1.165, 1.54) is 20.1 Å². The second-order valence-electron chi connectivity index (χ2n) is 6.02. The van der Waals surface area contributed by atoms with Crippen LogP contribution in [-0.2, 0) is 26.1 Å². The van der Waals surface area contributed by atoms with Crippen LogP contribution in [0.4, 0.5) is 5.69 Å². The summed E-state index contributed by atoms with van der Waals surface area (Å²) in [6.07, 6.45) is -0.458. The fourth-order valence-electron chi connectivity index (χ4n) is 3.03. The van der Waals surface area contributed by atoms with Crippen LogP contribution in [0.2, 0.25) is 0 Å². The number of amides is 1. The Bertz CT molecular complexity index is 942. The summed E-state index contributed by atoms with van der Waals surface area (Å²) in [6, 6.07) is 3.02. The van der Waals surface area contributed by atoms with Gasteiger partial charge in [0.25, 0.3) is 0 Å². The molecule has 0 aliphatic carbocycles. The van der Waals surface area contributed by atoms with Gasteiger partial charge in [0, 0.05) is 23.7 Å². The molecule has 0 aliphatic rings. The maximum absolute atomic E-state index is 12.2. The van der Waals surface area contributed by atoms with Gasteiger partial charge in [0.05, 0.1) is 30.5 Å². The van der Waals surface area contributed by atoms with E-state index in [0.717, 1.165) is 0 Å². The summed E-state index contributed by atoms with van der Waals surface area (Å²) >= 11 is 0. The van der Waals surface area contributed by atoms with E-state index in [4.69, 9.17) is 9.47 Å². The number of anilines is 1. The third-order valence-electron chi connectivity index (χ3n) is 4.24. The van der Waals surface area contributed by atoms with E-state index in [-0.39, 0.29) is 18.0 Å². The minimum Gasteiger partial charge on any atom is -0.466 e. The number of aryl methyl sites for hydroxylation is 1. The first kappa shape index (κ1) is 20.2. The van der Waals surface area contributed by atoms with Crippen LogP contribution in [0.5, 0.6) is 0 Å². The van der Waals surface area contributed by atoms with Crippen molar-refractivity contribution in [3.63, 3.8) is 0 Å². The van der Waals surface area contributed by atoms with E-state index >= 15 is 0 Å². The van der Waals surface area contributed by atoms with Crippen molar-refractivity contribution in [3.8, 4) is 0 Å². The number of methoxy groups -OCH3 is 1. The average molecular weight is 374 g/mol. The van der Waals surface area contributed by atoms with Crippen molar-refractivity contribution in [3.05, 3.63) is 29.0 Å². The molecule has 1 aromatic carbocycles. The summed E-state index contributed by atoms with van der Waals surface area (Å²) in [5.74, 6) is -2.00. The van der Waals surface area contributed by atoms with Crippen molar-refractivity contribution in [2.24, 2.45) is 7.05 Å². The van der Waals surface area contributed by atoms with Crippen molar-refractivity contribution >= 4 is 40.2 Å².